The first-order valence-electron chi connectivity index (χ1n) is 6.51. The summed E-state index contributed by atoms with van der Waals surface area (Å²) in [6.45, 7) is 1.69. The Balaban J connectivity index is 2.35. The van der Waals surface area contributed by atoms with Crippen LogP contribution in [0.5, 0.6) is 0 Å². The summed E-state index contributed by atoms with van der Waals surface area (Å²) in [4.78, 5) is 0. The van der Waals surface area contributed by atoms with Crippen LogP contribution in [-0.2, 0) is 0 Å². The molecule has 1 fully saturated rings. The highest BCUT2D eigenvalue weighted by Crippen LogP contribution is 2.30. The summed E-state index contributed by atoms with van der Waals surface area (Å²) in [5, 5.41) is 3.88. The number of nitrogens with two attached hydrogens (primary N) is 1. The van der Waals surface area contributed by atoms with Crippen molar-refractivity contribution in [1.82, 2.24) is 5.32 Å². The van der Waals surface area contributed by atoms with Crippen molar-refractivity contribution in [2.24, 2.45) is 5.73 Å². The van der Waals surface area contributed by atoms with Gasteiger partial charge in [-0.2, -0.15) is 0 Å². The van der Waals surface area contributed by atoms with E-state index in [4.69, 9.17) is 5.73 Å². The molecule has 15 heavy (non-hydrogen) atoms. The van der Waals surface area contributed by atoms with Gasteiger partial charge in [-0.05, 0) is 12.8 Å². The Hall–Kier alpha value is 0.350. The number of hydrogen-bond acceptors (Lipinski definition) is 2. The largest absolute Gasteiger partial charge is 0.329 e. The summed E-state index contributed by atoms with van der Waals surface area (Å²) < 4.78 is 0. The van der Waals surface area contributed by atoms with Crippen molar-refractivity contribution < 1.29 is 0 Å². The smallest absolute Gasteiger partial charge is 0.0323 e. The van der Waals surface area contributed by atoms with E-state index in [0.717, 1.165) is 13.1 Å². The van der Waals surface area contributed by atoms with Crippen LogP contribution in [0.3, 0.4) is 0 Å². The van der Waals surface area contributed by atoms with Crippen molar-refractivity contribution in [3.05, 3.63) is 0 Å². The second-order valence-electron chi connectivity index (χ2n) is 4.85. The molecule has 1 unspecified atom stereocenters. The Bertz CT molecular complexity index is 152. The Labute approximate surface area is 97.0 Å². The Morgan fingerprint density at radius 2 is 1.40 bits per heavy atom. The standard InChI is InChI=1S/C12H27N2P/c13-10-11-14-12(15)8-6-4-2-1-3-5-7-9-12/h14H,1-11,13,15H2. The average Bonchev–Trinajstić information content (AvgIpc) is 2.25. The maximum absolute atomic E-state index is 5.56. The van der Waals surface area contributed by atoms with Crippen molar-refractivity contribution in [3.63, 3.8) is 0 Å². The molecule has 1 aliphatic rings. The zero-order valence-electron chi connectivity index (χ0n) is 9.93. The zero-order chi connectivity index (χ0) is 11.0. The molecule has 0 radical (unpaired) electrons. The van der Waals surface area contributed by atoms with E-state index >= 15 is 0 Å². The van der Waals surface area contributed by atoms with E-state index in [9.17, 15) is 0 Å². The Morgan fingerprint density at radius 1 is 0.933 bits per heavy atom. The van der Waals surface area contributed by atoms with Crippen LogP contribution in [0.15, 0.2) is 0 Å². The molecule has 1 atom stereocenters. The molecule has 0 spiro atoms. The van der Waals surface area contributed by atoms with Gasteiger partial charge in [-0.15, -0.1) is 9.24 Å². The molecule has 3 N–H and O–H groups in total. The van der Waals surface area contributed by atoms with Crippen LogP contribution in [0.25, 0.3) is 0 Å². The molecule has 0 bridgehead atoms. The summed E-state index contributed by atoms with van der Waals surface area (Å²) in [7, 11) is 3.04. The van der Waals surface area contributed by atoms with Gasteiger partial charge in [0.25, 0.3) is 0 Å². The fourth-order valence-corrected chi connectivity index (χ4v) is 2.94. The minimum atomic E-state index is 0.275. The van der Waals surface area contributed by atoms with Gasteiger partial charge in [0.2, 0.25) is 0 Å². The van der Waals surface area contributed by atoms with Crippen LogP contribution in [0.4, 0.5) is 0 Å². The molecule has 3 heteroatoms. The molecule has 1 rings (SSSR count). The monoisotopic (exact) mass is 230 g/mol. The van der Waals surface area contributed by atoms with Gasteiger partial charge < -0.3 is 11.1 Å². The number of hydrogen-bond donors (Lipinski definition) is 2. The molecule has 0 amide bonds. The molecular formula is C12H27N2P. The fourth-order valence-electron chi connectivity index (χ4n) is 2.39. The fraction of sp³-hybridized carbons (Fsp3) is 1.00. The molecule has 0 aromatic rings. The number of rotatable bonds is 3. The molecule has 0 aliphatic heterocycles. The van der Waals surface area contributed by atoms with Gasteiger partial charge in [-0.25, -0.2) is 0 Å². The Morgan fingerprint density at radius 3 is 1.87 bits per heavy atom. The summed E-state index contributed by atoms with van der Waals surface area (Å²) in [5.41, 5.74) is 5.56. The van der Waals surface area contributed by atoms with E-state index in [1.807, 2.05) is 0 Å². The third-order valence-corrected chi connectivity index (χ3v) is 4.15. The zero-order valence-corrected chi connectivity index (χ0v) is 11.1. The lowest BCUT2D eigenvalue weighted by molar-refractivity contribution is 0.368. The quantitative estimate of drug-likeness (QED) is 0.731. The van der Waals surface area contributed by atoms with Gasteiger partial charge in [-0.3, -0.25) is 0 Å². The normalized spacial score (nSPS) is 23.6. The van der Waals surface area contributed by atoms with Crippen LogP contribution in [0, 0.1) is 0 Å². The highest BCUT2D eigenvalue weighted by Gasteiger charge is 2.22. The molecule has 1 aliphatic carbocycles. The minimum Gasteiger partial charge on any atom is -0.329 e. The summed E-state index contributed by atoms with van der Waals surface area (Å²) in [6, 6.07) is 0. The summed E-state index contributed by atoms with van der Waals surface area (Å²) >= 11 is 0. The van der Waals surface area contributed by atoms with Crippen molar-refractivity contribution in [2.75, 3.05) is 13.1 Å². The summed E-state index contributed by atoms with van der Waals surface area (Å²) in [6.07, 6.45) is 12.4. The molecule has 0 heterocycles. The van der Waals surface area contributed by atoms with E-state index in [2.05, 4.69) is 14.6 Å². The lowest BCUT2D eigenvalue weighted by Crippen LogP contribution is -2.42. The van der Waals surface area contributed by atoms with Crippen molar-refractivity contribution in [3.8, 4) is 0 Å². The van der Waals surface area contributed by atoms with E-state index in [-0.39, 0.29) is 5.28 Å². The van der Waals surface area contributed by atoms with Crippen molar-refractivity contribution >= 4 is 9.24 Å². The van der Waals surface area contributed by atoms with Crippen LogP contribution in [0.1, 0.15) is 57.8 Å². The lowest BCUT2D eigenvalue weighted by atomic mass is 9.97. The first-order chi connectivity index (χ1) is 7.27. The van der Waals surface area contributed by atoms with Crippen molar-refractivity contribution in [1.29, 1.82) is 0 Å². The second kappa shape index (κ2) is 7.60. The SMILES string of the molecule is NCCNC1(P)CCCCCCCCC1. The second-order valence-corrected chi connectivity index (χ2v) is 5.95. The molecule has 0 aromatic heterocycles. The molecule has 0 aromatic carbocycles. The first-order valence-corrected chi connectivity index (χ1v) is 7.08. The maximum Gasteiger partial charge on any atom is 0.0323 e. The topological polar surface area (TPSA) is 38.0 Å². The predicted octanol–water partition coefficient (Wildman–Crippen LogP) is 2.63. The number of nitrogens with one attached hydrogen (secondary N) is 1. The van der Waals surface area contributed by atoms with Crippen LogP contribution < -0.4 is 11.1 Å². The van der Waals surface area contributed by atoms with Crippen LogP contribution in [-0.4, -0.2) is 18.4 Å². The van der Waals surface area contributed by atoms with Gasteiger partial charge in [0.1, 0.15) is 0 Å². The van der Waals surface area contributed by atoms with E-state index in [1.54, 1.807) is 0 Å². The highest BCUT2D eigenvalue weighted by atomic mass is 31.0. The van der Waals surface area contributed by atoms with Crippen LogP contribution in [0.2, 0.25) is 0 Å². The van der Waals surface area contributed by atoms with Crippen LogP contribution >= 0.6 is 9.24 Å². The molecule has 90 valence electrons. The molecule has 2 nitrogen and oxygen atoms in total. The lowest BCUT2D eigenvalue weighted by Gasteiger charge is -2.31. The van der Waals surface area contributed by atoms with Gasteiger partial charge in [0.15, 0.2) is 0 Å². The van der Waals surface area contributed by atoms with Gasteiger partial charge in [-0.1, -0.05) is 44.9 Å². The maximum atomic E-state index is 5.56. The van der Waals surface area contributed by atoms with E-state index in [0.29, 0.717) is 0 Å². The Kier molecular flexibility index (Phi) is 6.79. The molecule has 1 saturated carbocycles. The van der Waals surface area contributed by atoms with Gasteiger partial charge in [0.05, 0.1) is 0 Å². The molecular weight excluding hydrogens is 203 g/mol. The minimum absolute atomic E-state index is 0.275. The highest BCUT2D eigenvalue weighted by molar-refractivity contribution is 7.18. The van der Waals surface area contributed by atoms with E-state index < -0.39 is 0 Å². The van der Waals surface area contributed by atoms with Gasteiger partial charge >= 0.3 is 0 Å². The van der Waals surface area contributed by atoms with Crippen molar-refractivity contribution in [2.45, 2.75) is 63.1 Å². The third kappa shape index (κ3) is 5.85. The molecule has 0 saturated heterocycles. The van der Waals surface area contributed by atoms with Gasteiger partial charge in [0, 0.05) is 18.4 Å². The predicted molar refractivity (Wildman–Crippen MR) is 71.1 cm³/mol. The third-order valence-electron chi connectivity index (χ3n) is 3.37. The average molecular weight is 230 g/mol. The van der Waals surface area contributed by atoms with E-state index in [1.165, 1.54) is 57.8 Å². The first kappa shape index (κ1) is 13.4. The summed E-state index contributed by atoms with van der Waals surface area (Å²) in [5.74, 6) is 0.